The standard InChI is InChI=1S/C19H16N2O2/c20-7-8-1-3-9(4-2-8)10-5-6-23-21(10)18(22)19-15-12-11-13(15)17(19)14(11)16(12)19/h1-4,10-17H,5-6H2/t10-,11?,12?,13?,14?,15?,16?,17?,19?/m0/s1. The van der Waals surface area contributed by atoms with E-state index < -0.39 is 0 Å². The molecule has 114 valence electrons. The summed E-state index contributed by atoms with van der Waals surface area (Å²) < 4.78 is 0. The van der Waals surface area contributed by atoms with Gasteiger partial charge in [0.2, 0.25) is 0 Å². The molecule has 0 aromatic heterocycles. The van der Waals surface area contributed by atoms with Crippen molar-refractivity contribution >= 4 is 5.91 Å². The summed E-state index contributed by atoms with van der Waals surface area (Å²) in [7, 11) is 0. The van der Waals surface area contributed by atoms with Crippen molar-refractivity contribution in [3.05, 3.63) is 35.4 Å². The van der Waals surface area contributed by atoms with E-state index in [-0.39, 0.29) is 17.4 Å². The van der Waals surface area contributed by atoms with E-state index in [1.165, 1.54) is 0 Å². The van der Waals surface area contributed by atoms with Gasteiger partial charge in [0.1, 0.15) is 0 Å². The Balaban J connectivity index is 1.21. The van der Waals surface area contributed by atoms with E-state index in [9.17, 15) is 4.79 Å². The maximum absolute atomic E-state index is 13.3. The van der Waals surface area contributed by atoms with Crippen LogP contribution < -0.4 is 0 Å². The summed E-state index contributed by atoms with van der Waals surface area (Å²) in [6.45, 7) is 0.616. The van der Waals surface area contributed by atoms with E-state index in [2.05, 4.69) is 6.07 Å². The molecule has 1 aromatic rings. The lowest BCUT2D eigenvalue weighted by molar-refractivity contribution is -0.598. The van der Waals surface area contributed by atoms with Gasteiger partial charge in [-0.2, -0.15) is 5.26 Å². The molecule has 1 atom stereocenters. The van der Waals surface area contributed by atoms with Gasteiger partial charge in [-0.1, -0.05) is 12.1 Å². The molecule has 0 spiro atoms. The number of hydroxylamine groups is 2. The summed E-state index contributed by atoms with van der Waals surface area (Å²) in [5.74, 6) is 6.19. The molecule has 7 fully saturated rings. The molecule has 0 N–H and O–H groups in total. The second kappa shape index (κ2) is 3.18. The summed E-state index contributed by atoms with van der Waals surface area (Å²) in [6.07, 6.45) is 0.854. The van der Waals surface area contributed by atoms with Crippen LogP contribution in [0.15, 0.2) is 24.3 Å². The molecule has 0 unspecified atom stereocenters. The van der Waals surface area contributed by atoms with Crippen molar-refractivity contribution in [1.82, 2.24) is 5.06 Å². The van der Waals surface area contributed by atoms with Gasteiger partial charge in [0.05, 0.1) is 29.7 Å². The van der Waals surface area contributed by atoms with Crippen molar-refractivity contribution in [2.75, 3.05) is 6.61 Å². The maximum Gasteiger partial charge on any atom is 0.253 e. The zero-order valence-electron chi connectivity index (χ0n) is 12.6. The number of hydrogen-bond acceptors (Lipinski definition) is 3. The van der Waals surface area contributed by atoms with Crippen LogP contribution in [-0.4, -0.2) is 17.6 Å². The number of hydrogen-bond donors (Lipinski definition) is 0. The van der Waals surface area contributed by atoms with Gasteiger partial charge in [-0.05, 0) is 59.1 Å². The van der Waals surface area contributed by atoms with E-state index >= 15 is 0 Å². The fraction of sp³-hybridized carbons (Fsp3) is 0.579. The van der Waals surface area contributed by atoms with Crippen LogP contribution in [0.25, 0.3) is 0 Å². The van der Waals surface area contributed by atoms with E-state index in [1.807, 2.05) is 24.3 Å². The van der Waals surface area contributed by atoms with Crippen LogP contribution in [0.5, 0.6) is 0 Å². The molecule has 6 aliphatic carbocycles. The second-order valence-electron chi connectivity index (χ2n) is 8.32. The third-order valence-electron chi connectivity index (χ3n) is 8.38. The molecule has 1 saturated heterocycles. The molecule has 0 radical (unpaired) electrons. The number of benzene rings is 1. The van der Waals surface area contributed by atoms with Gasteiger partial charge in [-0.3, -0.25) is 9.63 Å². The van der Waals surface area contributed by atoms with Crippen LogP contribution in [-0.2, 0) is 9.63 Å². The smallest absolute Gasteiger partial charge is 0.253 e. The monoisotopic (exact) mass is 304 g/mol. The summed E-state index contributed by atoms with van der Waals surface area (Å²) >= 11 is 0. The Kier molecular flexibility index (Phi) is 1.61. The first-order chi connectivity index (χ1) is 11.3. The average Bonchev–Trinajstić information content (AvgIpc) is 3.11. The largest absolute Gasteiger partial charge is 0.272 e. The molecular formula is C19H16N2O2. The first kappa shape index (κ1) is 11.6. The lowest BCUT2D eigenvalue weighted by Gasteiger charge is -3.06. The van der Waals surface area contributed by atoms with Gasteiger partial charge in [-0.15, -0.1) is 0 Å². The Hall–Kier alpha value is -1.86. The number of amides is 1. The van der Waals surface area contributed by atoms with Crippen molar-refractivity contribution < 1.29 is 9.63 Å². The minimum Gasteiger partial charge on any atom is -0.272 e. The highest BCUT2D eigenvalue weighted by atomic mass is 16.7. The minimum atomic E-state index is 0.00390. The van der Waals surface area contributed by atoms with Gasteiger partial charge >= 0.3 is 0 Å². The predicted molar refractivity (Wildman–Crippen MR) is 78.2 cm³/mol. The Bertz CT molecular complexity index is 772. The van der Waals surface area contributed by atoms with Gasteiger partial charge in [-0.25, -0.2) is 5.06 Å². The maximum atomic E-state index is 13.3. The van der Waals surface area contributed by atoms with Crippen LogP contribution in [0.3, 0.4) is 0 Å². The van der Waals surface area contributed by atoms with Crippen LogP contribution in [0.2, 0.25) is 0 Å². The molecule has 1 heterocycles. The quantitative estimate of drug-likeness (QED) is 0.841. The molecule has 0 bridgehead atoms. The highest BCUT2D eigenvalue weighted by molar-refractivity contribution is 5.91. The molecular weight excluding hydrogens is 288 g/mol. The first-order valence-electron chi connectivity index (χ1n) is 8.77. The predicted octanol–water partition coefficient (Wildman–Crippen LogP) is 2.13. The highest BCUT2D eigenvalue weighted by Gasteiger charge is 3.06. The molecule has 4 heteroatoms. The van der Waals surface area contributed by atoms with E-state index in [4.69, 9.17) is 10.1 Å². The third kappa shape index (κ3) is 0.853. The van der Waals surface area contributed by atoms with Crippen molar-refractivity contribution in [2.24, 2.45) is 46.8 Å². The second-order valence-corrected chi connectivity index (χ2v) is 8.32. The van der Waals surface area contributed by atoms with Gasteiger partial charge in [0.25, 0.3) is 5.91 Å². The number of nitriles is 1. The normalized spacial score (nSPS) is 54.7. The zero-order valence-corrected chi connectivity index (χ0v) is 12.6. The number of nitrogens with zero attached hydrogens (tertiary/aromatic N) is 2. The van der Waals surface area contributed by atoms with Crippen molar-refractivity contribution in [3.8, 4) is 6.07 Å². The summed E-state index contributed by atoms with van der Waals surface area (Å²) in [6, 6.07) is 9.78. The van der Waals surface area contributed by atoms with Crippen molar-refractivity contribution in [2.45, 2.75) is 12.5 Å². The topological polar surface area (TPSA) is 53.3 Å². The Morgan fingerprint density at radius 2 is 1.78 bits per heavy atom. The van der Waals surface area contributed by atoms with Gasteiger partial charge in [0.15, 0.2) is 0 Å². The molecule has 1 aliphatic heterocycles. The Labute approximate surface area is 134 Å². The molecule has 6 saturated carbocycles. The molecule has 1 amide bonds. The Morgan fingerprint density at radius 1 is 1.13 bits per heavy atom. The summed E-state index contributed by atoms with van der Waals surface area (Å²) in [4.78, 5) is 19.1. The third-order valence-corrected chi connectivity index (χ3v) is 8.38. The van der Waals surface area contributed by atoms with Crippen LogP contribution >= 0.6 is 0 Å². The van der Waals surface area contributed by atoms with Gasteiger partial charge < -0.3 is 0 Å². The minimum absolute atomic E-state index is 0.00390. The molecule has 1 aromatic carbocycles. The summed E-state index contributed by atoms with van der Waals surface area (Å²) in [5, 5.41) is 10.7. The average molecular weight is 304 g/mol. The fourth-order valence-electron chi connectivity index (χ4n) is 7.80. The van der Waals surface area contributed by atoms with Gasteiger partial charge in [0, 0.05) is 6.42 Å². The van der Waals surface area contributed by atoms with Crippen LogP contribution in [0.1, 0.15) is 23.6 Å². The Morgan fingerprint density at radius 3 is 2.39 bits per heavy atom. The highest BCUT2D eigenvalue weighted by Crippen LogP contribution is 3.06. The first-order valence-corrected chi connectivity index (χ1v) is 8.77. The lowest BCUT2D eigenvalue weighted by Crippen LogP contribution is -3.07. The molecule has 7 aliphatic rings. The zero-order chi connectivity index (χ0) is 15.1. The van der Waals surface area contributed by atoms with E-state index in [0.717, 1.165) is 35.7 Å². The SMILES string of the molecule is N#Cc1ccc([C@@H]2CCON2C(=O)C23C4C5C6C4C2C6C53)cc1. The number of carbonyl (C=O) groups excluding carboxylic acids is 1. The van der Waals surface area contributed by atoms with Crippen molar-refractivity contribution in [3.63, 3.8) is 0 Å². The molecule has 8 rings (SSSR count). The van der Waals surface area contributed by atoms with Crippen molar-refractivity contribution in [1.29, 1.82) is 5.26 Å². The number of carbonyl (C=O) groups is 1. The van der Waals surface area contributed by atoms with Crippen LogP contribution in [0.4, 0.5) is 0 Å². The fourth-order valence-corrected chi connectivity index (χ4v) is 7.80. The van der Waals surface area contributed by atoms with Crippen LogP contribution in [0, 0.1) is 58.2 Å². The summed E-state index contributed by atoms with van der Waals surface area (Å²) in [5.41, 5.74) is 1.75. The molecule has 4 nitrogen and oxygen atoms in total. The molecule has 23 heavy (non-hydrogen) atoms. The van der Waals surface area contributed by atoms with E-state index in [0.29, 0.717) is 29.9 Å². The number of rotatable bonds is 2. The lowest BCUT2D eigenvalue weighted by atomic mass is 8.96. The van der Waals surface area contributed by atoms with E-state index in [1.54, 1.807) is 5.06 Å².